The van der Waals surface area contributed by atoms with E-state index in [0.29, 0.717) is 23.9 Å². The van der Waals surface area contributed by atoms with Crippen LogP contribution in [0.4, 0.5) is 5.69 Å². The van der Waals surface area contributed by atoms with Gasteiger partial charge in [-0.2, -0.15) is 0 Å². The molecule has 2 amide bonds. The van der Waals surface area contributed by atoms with E-state index in [1.54, 1.807) is 31.4 Å². The topological polar surface area (TPSA) is 70.7 Å². The third-order valence-corrected chi connectivity index (χ3v) is 3.94. The Morgan fingerprint density at radius 2 is 1.82 bits per heavy atom. The van der Waals surface area contributed by atoms with Gasteiger partial charge in [0, 0.05) is 12.2 Å². The molecular formula is C16H23N3O3. The maximum atomic E-state index is 11.8. The van der Waals surface area contributed by atoms with Crippen molar-refractivity contribution in [3.63, 3.8) is 0 Å². The van der Waals surface area contributed by atoms with Crippen molar-refractivity contribution in [1.29, 1.82) is 0 Å². The van der Waals surface area contributed by atoms with Gasteiger partial charge in [0.05, 0.1) is 7.11 Å². The SMILES string of the molecule is COc1ccc(NC(=O)C(=O)NCC2CCN(C)CC2)cc1. The first-order chi connectivity index (χ1) is 10.6. The van der Waals surface area contributed by atoms with Crippen LogP contribution in [-0.2, 0) is 9.59 Å². The molecule has 1 saturated heterocycles. The molecule has 0 aliphatic carbocycles. The zero-order valence-electron chi connectivity index (χ0n) is 13.1. The van der Waals surface area contributed by atoms with E-state index in [1.807, 2.05) is 0 Å². The normalized spacial score (nSPS) is 16.1. The first-order valence-corrected chi connectivity index (χ1v) is 7.50. The smallest absolute Gasteiger partial charge is 0.313 e. The highest BCUT2D eigenvalue weighted by molar-refractivity contribution is 6.39. The quantitative estimate of drug-likeness (QED) is 0.817. The molecule has 1 aromatic rings. The number of carbonyl (C=O) groups is 2. The minimum absolute atomic E-state index is 0.453. The van der Waals surface area contributed by atoms with Crippen LogP contribution in [0.2, 0.25) is 0 Å². The molecule has 1 heterocycles. The van der Waals surface area contributed by atoms with Crippen molar-refractivity contribution >= 4 is 17.5 Å². The van der Waals surface area contributed by atoms with Crippen LogP contribution >= 0.6 is 0 Å². The molecule has 1 aliphatic heterocycles. The third-order valence-electron chi connectivity index (χ3n) is 3.94. The lowest BCUT2D eigenvalue weighted by Crippen LogP contribution is -2.41. The molecule has 0 radical (unpaired) electrons. The number of anilines is 1. The van der Waals surface area contributed by atoms with Crippen LogP contribution < -0.4 is 15.4 Å². The molecule has 22 heavy (non-hydrogen) atoms. The predicted molar refractivity (Wildman–Crippen MR) is 84.9 cm³/mol. The maximum absolute atomic E-state index is 11.8. The number of hydrogen-bond acceptors (Lipinski definition) is 4. The van der Waals surface area contributed by atoms with E-state index in [4.69, 9.17) is 4.74 Å². The van der Waals surface area contributed by atoms with Crippen molar-refractivity contribution in [3.8, 4) is 5.75 Å². The summed E-state index contributed by atoms with van der Waals surface area (Å²) in [5.41, 5.74) is 0.570. The van der Waals surface area contributed by atoms with E-state index in [9.17, 15) is 9.59 Å². The largest absolute Gasteiger partial charge is 0.497 e. The number of carbonyl (C=O) groups excluding carboxylic acids is 2. The molecule has 0 spiro atoms. The average Bonchev–Trinajstić information content (AvgIpc) is 2.54. The van der Waals surface area contributed by atoms with Gasteiger partial charge in [-0.15, -0.1) is 0 Å². The summed E-state index contributed by atoms with van der Waals surface area (Å²) in [7, 11) is 3.67. The van der Waals surface area contributed by atoms with Crippen LogP contribution in [0.1, 0.15) is 12.8 Å². The highest BCUT2D eigenvalue weighted by Crippen LogP contribution is 2.16. The Bertz CT molecular complexity index is 508. The fourth-order valence-electron chi connectivity index (χ4n) is 2.45. The Morgan fingerprint density at radius 3 is 2.41 bits per heavy atom. The summed E-state index contributed by atoms with van der Waals surface area (Å²) in [6.07, 6.45) is 2.10. The molecule has 2 N–H and O–H groups in total. The van der Waals surface area contributed by atoms with Gasteiger partial charge in [0.15, 0.2) is 0 Å². The fraction of sp³-hybridized carbons (Fsp3) is 0.500. The first kappa shape index (κ1) is 16.3. The number of hydrogen-bond donors (Lipinski definition) is 2. The van der Waals surface area contributed by atoms with Gasteiger partial charge in [0.25, 0.3) is 0 Å². The minimum Gasteiger partial charge on any atom is -0.497 e. The van der Waals surface area contributed by atoms with Crippen molar-refractivity contribution in [3.05, 3.63) is 24.3 Å². The highest BCUT2D eigenvalue weighted by atomic mass is 16.5. The van der Waals surface area contributed by atoms with Gasteiger partial charge >= 0.3 is 11.8 Å². The van der Waals surface area contributed by atoms with Gasteiger partial charge in [-0.25, -0.2) is 0 Å². The van der Waals surface area contributed by atoms with E-state index in [0.717, 1.165) is 25.9 Å². The number of benzene rings is 1. The van der Waals surface area contributed by atoms with Gasteiger partial charge in [0.2, 0.25) is 0 Å². The lowest BCUT2D eigenvalue weighted by molar-refractivity contribution is -0.136. The van der Waals surface area contributed by atoms with E-state index in [2.05, 4.69) is 22.6 Å². The molecule has 1 fully saturated rings. The second-order valence-corrected chi connectivity index (χ2v) is 5.64. The molecular weight excluding hydrogens is 282 g/mol. The van der Waals surface area contributed by atoms with E-state index in [-0.39, 0.29) is 0 Å². The second kappa shape index (κ2) is 7.79. The Hall–Kier alpha value is -2.08. The van der Waals surface area contributed by atoms with Gasteiger partial charge in [-0.1, -0.05) is 0 Å². The molecule has 0 aromatic heterocycles. The predicted octanol–water partition coefficient (Wildman–Crippen LogP) is 1.09. The lowest BCUT2D eigenvalue weighted by Gasteiger charge is -2.28. The van der Waals surface area contributed by atoms with Crippen LogP contribution in [0.25, 0.3) is 0 Å². The van der Waals surface area contributed by atoms with E-state index < -0.39 is 11.8 Å². The summed E-state index contributed by atoms with van der Waals surface area (Å²) >= 11 is 0. The molecule has 0 unspecified atom stereocenters. The number of nitrogens with zero attached hydrogens (tertiary/aromatic N) is 1. The van der Waals surface area contributed by atoms with Crippen molar-refractivity contribution in [2.45, 2.75) is 12.8 Å². The first-order valence-electron chi connectivity index (χ1n) is 7.50. The standard InChI is InChI=1S/C16H23N3O3/c1-19-9-7-12(8-10-19)11-17-15(20)16(21)18-13-3-5-14(22-2)6-4-13/h3-6,12H,7-11H2,1-2H3,(H,17,20)(H,18,21). The van der Waals surface area contributed by atoms with Crippen LogP contribution in [0, 0.1) is 5.92 Å². The Labute approximate surface area is 130 Å². The van der Waals surface area contributed by atoms with Crippen LogP contribution in [0.5, 0.6) is 5.75 Å². The molecule has 1 aliphatic rings. The monoisotopic (exact) mass is 305 g/mol. The van der Waals surface area contributed by atoms with Crippen LogP contribution in [0.3, 0.4) is 0 Å². The summed E-state index contributed by atoms with van der Waals surface area (Å²) < 4.78 is 5.04. The summed E-state index contributed by atoms with van der Waals surface area (Å²) in [6.45, 7) is 2.64. The summed E-state index contributed by atoms with van der Waals surface area (Å²) in [5.74, 6) is -0.0773. The number of amides is 2. The van der Waals surface area contributed by atoms with Gasteiger partial charge in [0.1, 0.15) is 5.75 Å². The zero-order chi connectivity index (χ0) is 15.9. The molecule has 6 heteroatoms. The van der Waals surface area contributed by atoms with E-state index >= 15 is 0 Å². The number of ether oxygens (including phenoxy) is 1. The molecule has 120 valence electrons. The highest BCUT2D eigenvalue weighted by Gasteiger charge is 2.19. The third kappa shape index (κ3) is 4.73. The summed E-state index contributed by atoms with van der Waals surface area (Å²) in [5, 5.41) is 5.29. The zero-order valence-corrected chi connectivity index (χ0v) is 13.1. The number of rotatable bonds is 4. The van der Waals surface area contributed by atoms with Crippen molar-refractivity contribution in [2.24, 2.45) is 5.92 Å². The minimum atomic E-state index is -0.641. The Kier molecular flexibility index (Phi) is 5.77. The van der Waals surface area contributed by atoms with Gasteiger partial charge in [-0.05, 0) is 63.2 Å². The van der Waals surface area contributed by atoms with Crippen LogP contribution in [0.15, 0.2) is 24.3 Å². The van der Waals surface area contributed by atoms with Gasteiger partial charge in [-0.3, -0.25) is 9.59 Å². The van der Waals surface area contributed by atoms with E-state index in [1.165, 1.54) is 0 Å². The number of nitrogens with one attached hydrogen (secondary N) is 2. The maximum Gasteiger partial charge on any atom is 0.313 e. The molecule has 6 nitrogen and oxygen atoms in total. The molecule has 0 saturated carbocycles. The fourth-order valence-corrected chi connectivity index (χ4v) is 2.45. The number of methoxy groups -OCH3 is 1. The summed E-state index contributed by atoms with van der Waals surface area (Å²) in [4.78, 5) is 25.9. The van der Waals surface area contributed by atoms with Crippen molar-refractivity contribution in [2.75, 3.05) is 39.1 Å². The summed E-state index contributed by atoms with van der Waals surface area (Å²) in [6, 6.07) is 6.85. The molecule has 2 rings (SSSR count). The number of likely N-dealkylation sites (tertiary alicyclic amines) is 1. The van der Waals surface area contributed by atoms with Gasteiger partial charge < -0.3 is 20.3 Å². The lowest BCUT2D eigenvalue weighted by atomic mass is 9.97. The Balaban J connectivity index is 1.75. The van der Waals surface area contributed by atoms with Crippen LogP contribution in [-0.4, -0.2) is 50.5 Å². The number of piperidine rings is 1. The average molecular weight is 305 g/mol. The second-order valence-electron chi connectivity index (χ2n) is 5.64. The Morgan fingerprint density at radius 1 is 1.18 bits per heavy atom. The van der Waals surface area contributed by atoms with Crippen molar-refractivity contribution < 1.29 is 14.3 Å². The van der Waals surface area contributed by atoms with Crippen molar-refractivity contribution in [1.82, 2.24) is 10.2 Å². The molecule has 1 aromatic carbocycles. The molecule has 0 atom stereocenters. The molecule has 0 bridgehead atoms.